The normalized spacial score (nSPS) is 16.1. The quantitative estimate of drug-likeness (QED) is 0.164. The molecule has 0 bridgehead atoms. The van der Waals surface area contributed by atoms with Crippen molar-refractivity contribution < 1.29 is 21.9 Å². The van der Waals surface area contributed by atoms with Crippen LogP contribution < -0.4 is 0 Å². The number of hydrogen-bond donors (Lipinski definition) is 0. The van der Waals surface area contributed by atoms with Gasteiger partial charge in [0.25, 0.3) is 0 Å². The summed E-state index contributed by atoms with van der Waals surface area (Å²) in [7, 11) is 0. The Labute approximate surface area is 438 Å². The third-order valence-electron chi connectivity index (χ3n) is 15.5. The summed E-state index contributed by atoms with van der Waals surface area (Å²) < 4.78 is 156. The number of benzene rings is 11. The molecule has 0 atom stereocenters. The van der Waals surface area contributed by atoms with Gasteiger partial charge in [-0.1, -0.05) is 109 Å². The summed E-state index contributed by atoms with van der Waals surface area (Å²) in [4.78, 5) is 0. The Hall–Kier alpha value is -8.94. The number of hydrogen-bond acceptors (Lipinski definition) is 2. The van der Waals surface area contributed by atoms with Crippen LogP contribution in [0.1, 0.15) is 21.9 Å². The van der Waals surface area contributed by atoms with Gasteiger partial charge in [-0.15, -0.1) is 22.7 Å². The first-order valence-corrected chi connectivity index (χ1v) is 25.1. The first-order chi connectivity index (χ1) is 42.4. The van der Waals surface area contributed by atoms with Crippen molar-refractivity contribution >= 4 is 183 Å². The first kappa shape index (κ1) is 25.8. The van der Waals surface area contributed by atoms with E-state index in [0.29, 0.717) is 11.4 Å². The van der Waals surface area contributed by atoms with E-state index < -0.39 is 72.5 Å². The molecule has 8 heterocycles. The Bertz CT molecular complexity index is 6090. The van der Waals surface area contributed by atoms with Crippen molar-refractivity contribution in [3.63, 3.8) is 0 Å². The minimum Gasteiger partial charge on any atom is -0.309 e. The molecule has 11 aromatic carbocycles. The van der Waals surface area contributed by atoms with Crippen LogP contribution in [0.4, 0.5) is 0 Å². The SMILES string of the molecule is [2H]c1c([2H])c([2H])c2c(c1[2H])c1c([2H])c([2H])c([2H])c([2H])c1n2-c1ccc2c(c1)c1c3sc4ccccc4c3cc3c4cc5c(cc4n2c31)c1cc2c3ccccc3sc2c2c3cc(-n4c6c([2H])c([2H])c([2H])c([2H])c6c6c([2H])c([2H])c([2H])c([2H])c64)ccc3n5c12. The van der Waals surface area contributed by atoms with Crippen molar-refractivity contribution in [2.45, 2.75) is 0 Å². The molecule has 0 amide bonds. The zero-order valence-corrected chi connectivity index (χ0v) is 38.6. The van der Waals surface area contributed by atoms with Gasteiger partial charge in [0.15, 0.2) is 0 Å². The van der Waals surface area contributed by atoms with Crippen LogP contribution in [0.5, 0.6) is 0 Å². The Balaban J connectivity index is 0.954. The largest absolute Gasteiger partial charge is 0.309 e. The highest BCUT2D eigenvalue weighted by atomic mass is 32.1. The van der Waals surface area contributed by atoms with Gasteiger partial charge in [-0.05, 0) is 97.0 Å². The van der Waals surface area contributed by atoms with E-state index in [0.717, 1.165) is 117 Å². The second-order valence-electron chi connectivity index (χ2n) is 18.8. The summed E-state index contributed by atoms with van der Waals surface area (Å²) in [5, 5.41) is 11.8. The maximum absolute atomic E-state index is 9.31. The molecule has 0 aliphatic rings. The third kappa shape index (κ3) is 4.27. The van der Waals surface area contributed by atoms with Gasteiger partial charge in [0.1, 0.15) is 0 Å². The van der Waals surface area contributed by atoms with Crippen LogP contribution in [0.3, 0.4) is 0 Å². The molecule has 19 rings (SSSR count). The van der Waals surface area contributed by atoms with E-state index in [1.54, 1.807) is 31.8 Å². The van der Waals surface area contributed by atoms with Crippen molar-refractivity contribution in [1.29, 1.82) is 0 Å². The van der Waals surface area contributed by atoms with E-state index in [2.05, 4.69) is 57.3 Å². The van der Waals surface area contributed by atoms with Crippen LogP contribution in [-0.4, -0.2) is 17.9 Å². The molecule has 0 saturated carbocycles. The van der Waals surface area contributed by atoms with E-state index in [4.69, 9.17) is 16.4 Å². The predicted molar refractivity (Wildman–Crippen MR) is 310 cm³/mol. The minimum atomic E-state index is -0.505. The van der Waals surface area contributed by atoms with Crippen LogP contribution in [0.15, 0.2) is 206 Å². The molecule has 0 spiro atoms. The van der Waals surface area contributed by atoms with Gasteiger partial charge in [0, 0.05) is 116 Å². The first-order valence-electron chi connectivity index (χ1n) is 31.4. The third-order valence-corrected chi connectivity index (χ3v) is 17.9. The number of thiophene rings is 2. The molecule has 0 fully saturated rings. The summed E-state index contributed by atoms with van der Waals surface area (Å²) in [6.07, 6.45) is 0. The van der Waals surface area contributed by atoms with Gasteiger partial charge in [0.05, 0.1) is 77.1 Å². The highest BCUT2D eigenvalue weighted by Crippen LogP contribution is 2.52. The fraction of sp³-hybridized carbons (Fsp3) is 0. The summed E-state index contributed by atoms with van der Waals surface area (Å²) in [5.74, 6) is 0. The second-order valence-corrected chi connectivity index (χ2v) is 20.9. The van der Waals surface area contributed by atoms with Crippen LogP contribution in [0.2, 0.25) is 0 Å². The second kappa shape index (κ2) is 12.7. The smallest absolute Gasteiger partial charge is 0.0645 e. The molecule has 0 aliphatic carbocycles. The summed E-state index contributed by atoms with van der Waals surface area (Å²) in [6, 6.07) is 30.3. The summed E-state index contributed by atoms with van der Waals surface area (Å²) in [5.41, 5.74) is 6.60. The minimum absolute atomic E-state index is 0.00930. The maximum atomic E-state index is 9.31. The monoisotopic (exact) mass is 962 g/mol. The van der Waals surface area contributed by atoms with E-state index in [1.165, 1.54) is 0 Å². The number of para-hydroxylation sites is 4. The average Bonchev–Trinajstić information content (AvgIpc) is 1.52. The number of nitrogens with zero attached hydrogens (tertiary/aromatic N) is 4. The van der Waals surface area contributed by atoms with Gasteiger partial charge >= 0.3 is 0 Å². The fourth-order valence-corrected chi connectivity index (χ4v) is 15.2. The molecule has 6 heteroatoms. The Morgan fingerprint density at radius 3 is 1.10 bits per heavy atom. The molecule has 19 aromatic rings. The van der Waals surface area contributed by atoms with E-state index in [-0.39, 0.29) is 67.8 Å². The molecule has 72 heavy (non-hydrogen) atoms. The topological polar surface area (TPSA) is 18.7 Å². The van der Waals surface area contributed by atoms with Crippen molar-refractivity contribution in [3.8, 4) is 11.4 Å². The Kier molecular flexibility index (Phi) is 4.54. The zero-order chi connectivity index (χ0) is 60.2. The predicted octanol–water partition coefficient (Wildman–Crippen LogP) is 18.9. The van der Waals surface area contributed by atoms with Crippen molar-refractivity contribution in [2.75, 3.05) is 0 Å². The fourth-order valence-electron chi connectivity index (χ4n) is 12.7. The molecule has 0 radical (unpaired) electrons. The van der Waals surface area contributed by atoms with Crippen LogP contribution >= 0.6 is 22.7 Å². The number of aromatic nitrogens is 4. The van der Waals surface area contributed by atoms with Crippen molar-refractivity contribution in [1.82, 2.24) is 17.9 Å². The molecule has 0 N–H and O–H groups in total. The lowest BCUT2D eigenvalue weighted by molar-refractivity contribution is 1.18. The molecule has 4 nitrogen and oxygen atoms in total. The molecule has 8 aromatic heterocycles. The molecular formula is C66H34N4S2. The number of fused-ring (bicyclic) bond motifs is 26. The Morgan fingerprint density at radius 2 is 0.681 bits per heavy atom. The molecule has 0 unspecified atom stereocenters. The van der Waals surface area contributed by atoms with Gasteiger partial charge in [0.2, 0.25) is 0 Å². The van der Waals surface area contributed by atoms with Gasteiger partial charge in [-0.25, -0.2) is 0 Å². The van der Waals surface area contributed by atoms with Crippen LogP contribution in [0, 0.1) is 0 Å². The Morgan fingerprint density at radius 1 is 0.292 bits per heavy atom. The van der Waals surface area contributed by atoms with Gasteiger partial charge in [-0.3, -0.25) is 0 Å². The van der Waals surface area contributed by atoms with Crippen LogP contribution in [-0.2, 0) is 0 Å². The maximum Gasteiger partial charge on any atom is 0.0645 e. The van der Waals surface area contributed by atoms with Crippen molar-refractivity contribution in [3.05, 3.63) is 206 Å². The molecule has 330 valence electrons. The standard InChI is InChI=1S/C66H34N4S2/c1-7-19-51-37(13-1)38-14-2-8-20-52(38)67(51)35-25-27-55-49(29-35)61-63-45(31-47-41-17-5-11-23-59(41)71-65(47)61)43-34-58-44(33-57(43)69(55)63)46-32-48-42-18-6-12-24-60(42)72-66(48)62-50-30-36(26-28-56(50)70(58)64(46)62)68-53-21-9-3-15-39(53)40-16-4-10-22-54(40)68/h1-34H/i1D,2D,3D,4D,7D,8D,9D,10D,13D,14D,15D,16D,19D,20D,21D,22D. The van der Waals surface area contributed by atoms with Crippen molar-refractivity contribution in [2.24, 2.45) is 0 Å². The lowest BCUT2D eigenvalue weighted by Gasteiger charge is -2.09. The van der Waals surface area contributed by atoms with E-state index in [9.17, 15) is 5.48 Å². The average molecular weight is 963 g/mol. The summed E-state index contributed by atoms with van der Waals surface area (Å²) in [6.45, 7) is 0. The van der Waals surface area contributed by atoms with Gasteiger partial charge < -0.3 is 17.9 Å². The molecule has 0 aliphatic heterocycles. The zero-order valence-electron chi connectivity index (χ0n) is 53.0. The molecule has 0 saturated heterocycles. The summed E-state index contributed by atoms with van der Waals surface area (Å²) >= 11 is 3.36. The van der Waals surface area contributed by atoms with Gasteiger partial charge in [-0.2, -0.15) is 0 Å². The lowest BCUT2D eigenvalue weighted by atomic mass is 10.0. The lowest BCUT2D eigenvalue weighted by Crippen LogP contribution is -1.93. The van der Waals surface area contributed by atoms with E-state index >= 15 is 0 Å². The van der Waals surface area contributed by atoms with Crippen LogP contribution in [0.25, 0.3) is 172 Å². The number of rotatable bonds is 2. The highest BCUT2D eigenvalue weighted by molar-refractivity contribution is 7.27. The molecular weight excluding hydrogens is 913 g/mol. The van der Waals surface area contributed by atoms with E-state index in [1.807, 2.05) is 60.7 Å². The highest BCUT2D eigenvalue weighted by Gasteiger charge is 2.28.